The van der Waals surface area contributed by atoms with Crippen molar-refractivity contribution in [3.05, 3.63) is 0 Å². The van der Waals surface area contributed by atoms with Crippen LogP contribution in [0.25, 0.3) is 0 Å². The quantitative estimate of drug-likeness (QED) is 0.598. The zero-order valence-corrected chi connectivity index (χ0v) is 7.84. The van der Waals surface area contributed by atoms with Gasteiger partial charge >= 0.3 is 0 Å². The van der Waals surface area contributed by atoms with Crippen molar-refractivity contribution in [3.63, 3.8) is 0 Å². The van der Waals surface area contributed by atoms with Crippen molar-refractivity contribution in [1.82, 2.24) is 4.90 Å². The highest BCUT2D eigenvalue weighted by Crippen LogP contribution is 1.92. The smallest absolute Gasteiger partial charge is 0.146 e. The molecular formula is C9H16N2O. The van der Waals surface area contributed by atoms with Crippen molar-refractivity contribution >= 4 is 5.78 Å². The molecule has 0 unspecified atom stereocenters. The monoisotopic (exact) mass is 168 g/mol. The van der Waals surface area contributed by atoms with Gasteiger partial charge in [-0.25, -0.2) is 0 Å². The molecule has 0 atom stereocenters. The fraction of sp³-hybridized carbons (Fsp3) is 0.778. The van der Waals surface area contributed by atoms with E-state index >= 15 is 0 Å². The minimum Gasteiger partial charge on any atom is -0.298 e. The van der Waals surface area contributed by atoms with Crippen LogP contribution in [0, 0.1) is 11.3 Å². The van der Waals surface area contributed by atoms with Crippen LogP contribution in [-0.2, 0) is 4.79 Å². The first-order valence-electron chi connectivity index (χ1n) is 4.35. The number of Topliss-reactive ketones (excluding diaryl/α,β-unsaturated/α-hetero) is 1. The van der Waals surface area contributed by atoms with E-state index in [-0.39, 0.29) is 5.78 Å². The Labute approximate surface area is 74.0 Å². The second kappa shape index (κ2) is 6.81. The molecule has 0 saturated carbocycles. The maximum Gasteiger partial charge on any atom is 0.146 e. The summed E-state index contributed by atoms with van der Waals surface area (Å²) >= 11 is 0. The summed E-state index contributed by atoms with van der Waals surface area (Å²) < 4.78 is 0. The van der Waals surface area contributed by atoms with Crippen molar-refractivity contribution in [3.8, 4) is 6.07 Å². The highest BCUT2D eigenvalue weighted by molar-refractivity contribution is 5.80. The maximum absolute atomic E-state index is 11.0. The van der Waals surface area contributed by atoms with E-state index in [0.717, 1.165) is 6.54 Å². The lowest BCUT2D eigenvalue weighted by Crippen LogP contribution is -2.30. The van der Waals surface area contributed by atoms with Gasteiger partial charge in [0.1, 0.15) is 5.78 Å². The first kappa shape index (κ1) is 11.1. The number of carbonyl (C=O) groups is 1. The predicted octanol–water partition coefficient (Wildman–Crippen LogP) is 1.20. The fourth-order valence-corrected chi connectivity index (χ4v) is 0.918. The summed E-state index contributed by atoms with van der Waals surface area (Å²) in [7, 11) is 0. The highest BCUT2D eigenvalue weighted by Gasteiger charge is 2.05. The molecule has 0 heterocycles. The Morgan fingerprint density at radius 3 is 2.58 bits per heavy atom. The van der Waals surface area contributed by atoms with E-state index in [9.17, 15) is 4.79 Å². The molecule has 0 radical (unpaired) electrons. The number of hydrogen-bond acceptors (Lipinski definition) is 3. The van der Waals surface area contributed by atoms with E-state index in [2.05, 4.69) is 6.07 Å². The zero-order chi connectivity index (χ0) is 9.40. The number of likely N-dealkylation sites (N-methyl/N-ethyl adjacent to an activating group) is 1. The number of rotatable bonds is 6. The third kappa shape index (κ3) is 4.86. The van der Waals surface area contributed by atoms with Crippen molar-refractivity contribution in [1.29, 1.82) is 5.26 Å². The summed E-state index contributed by atoms with van der Waals surface area (Å²) in [5, 5.41) is 8.34. The molecule has 0 saturated heterocycles. The minimum absolute atomic E-state index is 0.245. The lowest BCUT2D eigenvalue weighted by molar-refractivity contribution is -0.119. The number of carbonyl (C=O) groups excluding carboxylic acids is 1. The van der Waals surface area contributed by atoms with Gasteiger partial charge in [0.15, 0.2) is 0 Å². The van der Waals surface area contributed by atoms with E-state index in [0.29, 0.717) is 25.9 Å². The molecule has 12 heavy (non-hydrogen) atoms. The Hall–Kier alpha value is -0.880. The molecule has 0 aliphatic heterocycles. The van der Waals surface area contributed by atoms with Gasteiger partial charge in [0.25, 0.3) is 0 Å². The summed E-state index contributed by atoms with van der Waals surface area (Å²) in [5.41, 5.74) is 0. The van der Waals surface area contributed by atoms with Crippen molar-refractivity contribution < 1.29 is 4.79 Å². The summed E-state index contributed by atoms with van der Waals surface area (Å²) in [5.74, 6) is 0.245. The number of hydrogen-bond donors (Lipinski definition) is 0. The normalized spacial score (nSPS) is 9.83. The van der Waals surface area contributed by atoms with Gasteiger partial charge in [0.2, 0.25) is 0 Å². The summed E-state index contributed by atoms with van der Waals surface area (Å²) in [4.78, 5) is 13.0. The van der Waals surface area contributed by atoms with Gasteiger partial charge in [-0.1, -0.05) is 13.8 Å². The van der Waals surface area contributed by atoms with Gasteiger partial charge in [-0.05, 0) is 6.54 Å². The molecule has 0 aromatic carbocycles. The highest BCUT2D eigenvalue weighted by atomic mass is 16.1. The third-order valence-corrected chi connectivity index (χ3v) is 1.78. The van der Waals surface area contributed by atoms with Gasteiger partial charge in [-0.2, -0.15) is 5.26 Å². The van der Waals surface area contributed by atoms with Gasteiger partial charge in [-0.3, -0.25) is 9.69 Å². The van der Waals surface area contributed by atoms with Crippen LogP contribution in [0.3, 0.4) is 0 Å². The second-order valence-electron chi connectivity index (χ2n) is 2.67. The van der Waals surface area contributed by atoms with Gasteiger partial charge in [-0.15, -0.1) is 0 Å². The molecule has 0 aliphatic carbocycles. The van der Waals surface area contributed by atoms with Crippen LogP contribution in [0.2, 0.25) is 0 Å². The molecule has 0 fully saturated rings. The number of ketones is 1. The van der Waals surface area contributed by atoms with Crippen LogP contribution in [0.4, 0.5) is 0 Å². The molecular weight excluding hydrogens is 152 g/mol. The molecule has 3 nitrogen and oxygen atoms in total. The molecule has 0 bridgehead atoms. The van der Waals surface area contributed by atoms with Gasteiger partial charge < -0.3 is 0 Å². The van der Waals surface area contributed by atoms with E-state index in [1.54, 1.807) is 0 Å². The van der Waals surface area contributed by atoms with Crippen LogP contribution >= 0.6 is 0 Å². The van der Waals surface area contributed by atoms with E-state index in [1.165, 1.54) is 0 Å². The average molecular weight is 168 g/mol. The van der Waals surface area contributed by atoms with Crippen LogP contribution < -0.4 is 0 Å². The van der Waals surface area contributed by atoms with E-state index in [4.69, 9.17) is 5.26 Å². The van der Waals surface area contributed by atoms with Crippen molar-refractivity contribution in [2.24, 2.45) is 0 Å². The van der Waals surface area contributed by atoms with Crippen molar-refractivity contribution in [2.45, 2.75) is 26.7 Å². The first-order valence-corrected chi connectivity index (χ1v) is 4.35. The Kier molecular flexibility index (Phi) is 6.31. The largest absolute Gasteiger partial charge is 0.298 e. The van der Waals surface area contributed by atoms with Crippen molar-refractivity contribution in [2.75, 3.05) is 19.6 Å². The molecule has 3 heteroatoms. The van der Waals surface area contributed by atoms with Crippen LogP contribution in [0.5, 0.6) is 0 Å². The molecule has 0 rings (SSSR count). The minimum atomic E-state index is 0.245. The Bertz CT molecular complexity index is 172. The lowest BCUT2D eigenvalue weighted by atomic mass is 10.3. The Morgan fingerprint density at radius 1 is 1.50 bits per heavy atom. The SMILES string of the molecule is CCC(=O)CN(CC)CCC#N. The molecule has 68 valence electrons. The Balaban J connectivity index is 3.68. The zero-order valence-electron chi connectivity index (χ0n) is 7.84. The standard InChI is InChI=1S/C9H16N2O/c1-3-9(12)8-11(4-2)7-5-6-10/h3-5,7-8H2,1-2H3. The van der Waals surface area contributed by atoms with E-state index < -0.39 is 0 Å². The maximum atomic E-state index is 11.0. The molecule has 0 amide bonds. The molecule has 0 spiro atoms. The topological polar surface area (TPSA) is 44.1 Å². The molecule has 0 N–H and O–H groups in total. The third-order valence-electron chi connectivity index (χ3n) is 1.78. The van der Waals surface area contributed by atoms with Crippen LogP contribution in [-0.4, -0.2) is 30.3 Å². The molecule has 0 aromatic heterocycles. The van der Waals surface area contributed by atoms with E-state index in [1.807, 2.05) is 18.7 Å². The van der Waals surface area contributed by atoms with Gasteiger partial charge in [0, 0.05) is 19.4 Å². The molecule has 0 aliphatic rings. The Morgan fingerprint density at radius 2 is 2.17 bits per heavy atom. The predicted molar refractivity (Wildman–Crippen MR) is 47.6 cm³/mol. The second-order valence-corrected chi connectivity index (χ2v) is 2.67. The number of nitriles is 1. The van der Waals surface area contributed by atoms with Crippen LogP contribution in [0.1, 0.15) is 26.7 Å². The summed E-state index contributed by atoms with van der Waals surface area (Å²) in [6, 6.07) is 2.07. The summed E-state index contributed by atoms with van der Waals surface area (Å²) in [6.07, 6.45) is 1.09. The lowest BCUT2D eigenvalue weighted by Gasteiger charge is -2.16. The average Bonchev–Trinajstić information content (AvgIpc) is 2.11. The number of nitrogens with zero attached hydrogens (tertiary/aromatic N) is 2. The molecule has 0 aromatic rings. The summed E-state index contributed by atoms with van der Waals surface area (Å²) in [6.45, 7) is 5.90. The van der Waals surface area contributed by atoms with Crippen LogP contribution in [0.15, 0.2) is 0 Å². The van der Waals surface area contributed by atoms with Gasteiger partial charge in [0.05, 0.1) is 12.6 Å². The fourth-order valence-electron chi connectivity index (χ4n) is 0.918. The first-order chi connectivity index (χ1) is 5.74.